The van der Waals surface area contributed by atoms with Gasteiger partial charge in [0.1, 0.15) is 0 Å². The number of halogens is 1. The molecule has 2 rings (SSSR count). The van der Waals surface area contributed by atoms with Crippen LogP contribution in [-0.4, -0.2) is 6.54 Å². The number of thiophene rings is 1. The van der Waals surface area contributed by atoms with Crippen molar-refractivity contribution in [2.75, 3.05) is 6.54 Å². The minimum absolute atomic E-state index is 0.799. The summed E-state index contributed by atoms with van der Waals surface area (Å²) in [5, 5.41) is 6.24. The van der Waals surface area contributed by atoms with Gasteiger partial charge < -0.3 is 5.32 Å². The summed E-state index contributed by atoms with van der Waals surface area (Å²) in [4.78, 5) is 1.28. The zero-order valence-electron chi connectivity index (χ0n) is 9.57. The Balaban J connectivity index is 2.19. The smallest absolute Gasteiger partial charge is 0.0646 e. The van der Waals surface area contributed by atoms with Gasteiger partial charge >= 0.3 is 0 Å². The van der Waals surface area contributed by atoms with E-state index in [1.165, 1.54) is 14.7 Å². The van der Waals surface area contributed by atoms with Crippen molar-refractivity contribution in [2.24, 2.45) is 0 Å². The zero-order chi connectivity index (χ0) is 12.1. The van der Waals surface area contributed by atoms with Gasteiger partial charge in [-0.3, -0.25) is 0 Å². The average molecular weight is 284 g/mol. The highest BCUT2D eigenvalue weighted by atomic mass is 35.5. The Morgan fingerprint density at radius 3 is 2.94 bits per heavy atom. The molecule has 0 spiro atoms. The molecule has 0 saturated heterocycles. The van der Waals surface area contributed by atoms with Crippen LogP contribution >= 0.6 is 34.7 Å². The Morgan fingerprint density at radius 1 is 1.35 bits per heavy atom. The van der Waals surface area contributed by atoms with Crippen molar-refractivity contribution in [3.63, 3.8) is 0 Å². The largest absolute Gasteiger partial charge is 0.313 e. The van der Waals surface area contributed by atoms with Gasteiger partial charge in [0.15, 0.2) is 0 Å². The van der Waals surface area contributed by atoms with E-state index >= 15 is 0 Å². The van der Waals surface area contributed by atoms with E-state index < -0.39 is 0 Å². The molecule has 1 aromatic heterocycles. The summed E-state index contributed by atoms with van der Waals surface area (Å²) in [6.45, 7) is 3.94. The maximum atomic E-state index is 6.04. The van der Waals surface area contributed by atoms with Crippen molar-refractivity contribution in [2.45, 2.75) is 22.6 Å². The van der Waals surface area contributed by atoms with Crippen molar-refractivity contribution < 1.29 is 0 Å². The monoisotopic (exact) mass is 283 g/mol. The van der Waals surface area contributed by atoms with E-state index in [-0.39, 0.29) is 0 Å². The lowest BCUT2D eigenvalue weighted by Gasteiger charge is -2.09. The molecule has 0 radical (unpaired) electrons. The van der Waals surface area contributed by atoms with E-state index in [1.807, 2.05) is 12.1 Å². The molecule has 0 atom stereocenters. The molecule has 1 heterocycles. The predicted octanol–water partition coefficient (Wildman–Crippen LogP) is 4.66. The van der Waals surface area contributed by atoms with Crippen LogP contribution in [0.1, 0.15) is 12.5 Å². The molecule has 1 nitrogen and oxygen atoms in total. The lowest BCUT2D eigenvalue weighted by atomic mass is 10.2. The van der Waals surface area contributed by atoms with Crippen LogP contribution in [0.2, 0.25) is 5.02 Å². The third-order valence-corrected chi connectivity index (χ3v) is 4.68. The Bertz CT molecular complexity index is 468. The summed E-state index contributed by atoms with van der Waals surface area (Å²) >= 11 is 9.61. The third-order valence-electron chi connectivity index (χ3n) is 2.29. The molecule has 0 aliphatic carbocycles. The first kappa shape index (κ1) is 13.0. The van der Waals surface area contributed by atoms with Crippen LogP contribution in [0.3, 0.4) is 0 Å². The van der Waals surface area contributed by atoms with Crippen LogP contribution in [0.15, 0.2) is 44.8 Å². The SMILES string of the molecule is CCNCc1cc(Cl)ccc1Sc1cccs1. The van der Waals surface area contributed by atoms with Crippen molar-refractivity contribution >= 4 is 34.7 Å². The minimum Gasteiger partial charge on any atom is -0.313 e. The molecule has 0 saturated carbocycles. The number of hydrogen-bond acceptors (Lipinski definition) is 3. The second-order valence-electron chi connectivity index (χ2n) is 3.57. The molecule has 0 fully saturated rings. The third kappa shape index (κ3) is 3.75. The van der Waals surface area contributed by atoms with Gasteiger partial charge in [0, 0.05) is 16.5 Å². The van der Waals surface area contributed by atoms with Gasteiger partial charge in [-0.25, -0.2) is 0 Å². The van der Waals surface area contributed by atoms with E-state index in [1.54, 1.807) is 23.1 Å². The number of hydrogen-bond donors (Lipinski definition) is 1. The van der Waals surface area contributed by atoms with E-state index in [4.69, 9.17) is 11.6 Å². The molecule has 4 heteroatoms. The highest BCUT2D eigenvalue weighted by Gasteiger charge is 2.05. The second-order valence-corrected chi connectivity index (χ2v) is 6.29. The summed E-state index contributed by atoms with van der Waals surface area (Å²) in [5.74, 6) is 0. The van der Waals surface area contributed by atoms with Gasteiger partial charge in [-0.2, -0.15) is 0 Å². The fourth-order valence-corrected chi connectivity index (χ4v) is 3.51. The highest BCUT2D eigenvalue weighted by molar-refractivity contribution is 8.01. The first-order valence-electron chi connectivity index (χ1n) is 5.50. The summed E-state index contributed by atoms with van der Waals surface area (Å²) in [5.41, 5.74) is 1.26. The zero-order valence-corrected chi connectivity index (χ0v) is 12.0. The molecule has 1 N–H and O–H groups in total. The molecule has 1 aromatic carbocycles. The lowest BCUT2D eigenvalue weighted by molar-refractivity contribution is 0.718. The molecule has 0 aliphatic rings. The molecule has 17 heavy (non-hydrogen) atoms. The molecule has 90 valence electrons. The van der Waals surface area contributed by atoms with Crippen LogP contribution in [-0.2, 0) is 6.54 Å². The van der Waals surface area contributed by atoms with Gasteiger partial charge in [0.25, 0.3) is 0 Å². The Kier molecular flexibility index (Phi) is 4.92. The van der Waals surface area contributed by atoms with Crippen molar-refractivity contribution in [1.29, 1.82) is 0 Å². The molecule has 0 amide bonds. The second kappa shape index (κ2) is 6.45. The van der Waals surface area contributed by atoms with E-state index in [9.17, 15) is 0 Å². The molecule has 0 bridgehead atoms. The van der Waals surface area contributed by atoms with Gasteiger partial charge in [-0.1, -0.05) is 36.4 Å². The number of rotatable bonds is 5. The van der Waals surface area contributed by atoms with Crippen molar-refractivity contribution in [3.8, 4) is 0 Å². The van der Waals surface area contributed by atoms with Gasteiger partial charge in [-0.05, 0) is 41.8 Å². The van der Waals surface area contributed by atoms with Crippen LogP contribution in [0, 0.1) is 0 Å². The first-order chi connectivity index (χ1) is 8.29. The summed E-state index contributed by atoms with van der Waals surface area (Å²) in [6, 6.07) is 10.3. The average Bonchev–Trinajstić information content (AvgIpc) is 2.82. The van der Waals surface area contributed by atoms with Gasteiger partial charge in [0.2, 0.25) is 0 Å². The van der Waals surface area contributed by atoms with Crippen LogP contribution in [0.4, 0.5) is 0 Å². The Morgan fingerprint density at radius 2 is 2.24 bits per heavy atom. The Labute approximate surface area is 115 Å². The van der Waals surface area contributed by atoms with Crippen LogP contribution < -0.4 is 5.32 Å². The molecule has 2 aromatic rings. The fourth-order valence-electron chi connectivity index (χ4n) is 1.48. The van der Waals surface area contributed by atoms with E-state index in [2.05, 4.69) is 35.8 Å². The molecular weight excluding hydrogens is 270 g/mol. The molecular formula is C13H14ClNS2. The maximum absolute atomic E-state index is 6.04. The first-order valence-corrected chi connectivity index (χ1v) is 7.57. The quantitative estimate of drug-likeness (QED) is 0.856. The lowest BCUT2D eigenvalue weighted by Crippen LogP contribution is -2.12. The predicted molar refractivity (Wildman–Crippen MR) is 77.3 cm³/mol. The van der Waals surface area contributed by atoms with Crippen molar-refractivity contribution in [3.05, 3.63) is 46.3 Å². The highest BCUT2D eigenvalue weighted by Crippen LogP contribution is 2.34. The normalized spacial score (nSPS) is 10.7. The van der Waals surface area contributed by atoms with Crippen LogP contribution in [0.25, 0.3) is 0 Å². The fraction of sp³-hybridized carbons (Fsp3) is 0.231. The van der Waals surface area contributed by atoms with E-state index in [0.717, 1.165) is 18.1 Å². The van der Waals surface area contributed by atoms with Crippen molar-refractivity contribution in [1.82, 2.24) is 5.32 Å². The standard InChI is InChI=1S/C13H14ClNS2/c1-2-15-9-10-8-11(14)5-6-12(10)17-13-4-3-7-16-13/h3-8,15H,2,9H2,1H3. The Hall–Kier alpha value is -0.480. The summed E-state index contributed by atoms with van der Waals surface area (Å²) in [6.07, 6.45) is 0. The number of nitrogens with one attached hydrogen (secondary N) is 1. The van der Waals surface area contributed by atoms with Crippen LogP contribution in [0.5, 0.6) is 0 Å². The van der Waals surface area contributed by atoms with E-state index in [0.29, 0.717) is 0 Å². The molecule has 0 aliphatic heterocycles. The topological polar surface area (TPSA) is 12.0 Å². The molecule has 0 unspecified atom stereocenters. The van der Waals surface area contributed by atoms with Gasteiger partial charge in [-0.15, -0.1) is 11.3 Å². The van der Waals surface area contributed by atoms with Gasteiger partial charge in [0.05, 0.1) is 4.21 Å². The minimum atomic E-state index is 0.799. The maximum Gasteiger partial charge on any atom is 0.0646 e. The number of benzene rings is 1. The summed E-state index contributed by atoms with van der Waals surface area (Å²) < 4.78 is 1.31. The summed E-state index contributed by atoms with van der Waals surface area (Å²) in [7, 11) is 0.